The van der Waals surface area contributed by atoms with E-state index in [0.717, 1.165) is 23.7 Å². The van der Waals surface area contributed by atoms with Gasteiger partial charge in [0, 0.05) is 28.9 Å². The number of rotatable bonds is 4. The summed E-state index contributed by atoms with van der Waals surface area (Å²) in [6.45, 7) is 6.24. The van der Waals surface area contributed by atoms with Gasteiger partial charge in [-0.05, 0) is 25.3 Å². The van der Waals surface area contributed by atoms with Gasteiger partial charge in [0.25, 0.3) is 0 Å². The molecule has 0 radical (unpaired) electrons. The normalized spacial score (nSPS) is 11.1. The van der Waals surface area contributed by atoms with E-state index < -0.39 is 0 Å². The Balaban J connectivity index is 2.25. The van der Waals surface area contributed by atoms with Crippen LogP contribution in [0.4, 0.5) is 5.82 Å². The first kappa shape index (κ1) is 12.6. The van der Waals surface area contributed by atoms with Crippen molar-refractivity contribution in [3.05, 3.63) is 29.2 Å². The highest BCUT2D eigenvalue weighted by molar-refractivity contribution is 7.18. The van der Waals surface area contributed by atoms with Gasteiger partial charge in [0.15, 0.2) is 0 Å². The number of hydrogen-bond donors (Lipinski definition) is 0. The van der Waals surface area contributed by atoms with Crippen LogP contribution in [-0.2, 0) is 0 Å². The average molecular weight is 289 g/mol. The van der Waals surface area contributed by atoms with Gasteiger partial charge in [0.05, 0.1) is 5.39 Å². The van der Waals surface area contributed by atoms with Gasteiger partial charge in [-0.15, -0.1) is 22.7 Å². The fraction of sp³-hybridized carbons (Fsp3) is 0.286. The molecule has 0 aliphatic rings. The van der Waals surface area contributed by atoms with Crippen molar-refractivity contribution >= 4 is 38.7 Å². The highest BCUT2D eigenvalue weighted by atomic mass is 32.1. The van der Waals surface area contributed by atoms with Crippen molar-refractivity contribution < 1.29 is 0 Å². The topological polar surface area (TPSA) is 29.0 Å². The first-order chi connectivity index (χ1) is 9.35. The number of hydrogen-bond acceptors (Lipinski definition) is 5. The third-order valence-electron chi connectivity index (χ3n) is 3.20. The number of nitrogens with zero attached hydrogens (tertiary/aromatic N) is 3. The van der Waals surface area contributed by atoms with E-state index in [-0.39, 0.29) is 0 Å². The summed E-state index contributed by atoms with van der Waals surface area (Å²) in [6, 6.07) is 4.25. The lowest BCUT2D eigenvalue weighted by Crippen LogP contribution is -2.23. The second-order valence-electron chi connectivity index (χ2n) is 4.18. The third-order valence-corrected chi connectivity index (χ3v) is 4.99. The monoisotopic (exact) mass is 289 g/mol. The van der Waals surface area contributed by atoms with Crippen LogP contribution in [0.15, 0.2) is 29.2 Å². The standard InChI is InChI=1S/C14H15N3S2/c1-3-17(4-2)13-12-10(11-6-5-7-18-11)8-19-14(12)16-9-15-13/h5-9H,3-4H2,1-2H3. The molecule has 3 nitrogen and oxygen atoms in total. The zero-order valence-electron chi connectivity index (χ0n) is 11.0. The highest BCUT2D eigenvalue weighted by Gasteiger charge is 2.16. The number of thiophene rings is 2. The van der Waals surface area contributed by atoms with E-state index in [1.54, 1.807) is 29.0 Å². The fourth-order valence-electron chi connectivity index (χ4n) is 2.24. The van der Waals surface area contributed by atoms with Crippen molar-refractivity contribution in [3.8, 4) is 10.4 Å². The zero-order valence-corrected chi connectivity index (χ0v) is 12.6. The molecule has 3 aromatic rings. The molecule has 0 spiro atoms. The van der Waals surface area contributed by atoms with Crippen LogP contribution in [0.2, 0.25) is 0 Å². The molecule has 0 aliphatic carbocycles. The predicted octanol–water partition coefficient (Wildman–Crippen LogP) is 4.27. The van der Waals surface area contributed by atoms with E-state index in [9.17, 15) is 0 Å². The number of fused-ring (bicyclic) bond motifs is 1. The molecule has 3 heterocycles. The van der Waals surface area contributed by atoms with E-state index in [2.05, 4.69) is 51.6 Å². The van der Waals surface area contributed by atoms with Crippen molar-refractivity contribution in [1.29, 1.82) is 0 Å². The quantitative estimate of drug-likeness (QED) is 0.718. The molecular weight excluding hydrogens is 274 g/mol. The molecule has 0 aliphatic heterocycles. The summed E-state index contributed by atoms with van der Waals surface area (Å²) < 4.78 is 0. The van der Waals surface area contributed by atoms with Crippen LogP contribution in [0.1, 0.15) is 13.8 Å². The van der Waals surface area contributed by atoms with Gasteiger partial charge in [-0.3, -0.25) is 0 Å². The number of aromatic nitrogens is 2. The SMILES string of the molecule is CCN(CC)c1ncnc2scc(-c3cccs3)c12. The molecule has 98 valence electrons. The first-order valence-electron chi connectivity index (χ1n) is 6.36. The predicted molar refractivity (Wildman–Crippen MR) is 84.3 cm³/mol. The second kappa shape index (κ2) is 5.27. The second-order valence-corrected chi connectivity index (χ2v) is 5.98. The summed E-state index contributed by atoms with van der Waals surface area (Å²) in [7, 11) is 0. The molecule has 0 fully saturated rings. The van der Waals surface area contributed by atoms with E-state index in [1.165, 1.54) is 15.8 Å². The van der Waals surface area contributed by atoms with Gasteiger partial charge >= 0.3 is 0 Å². The van der Waals surface area contributed by atoms with Gasteiger partial charge in [-0.1, -0.05) is 6.07 Å². The molecular formula is C14H15N3S2. The molecule has 0 saturated heterocycles. The van der Waals surface area contributed by atoms with E-state index in [1.807, 2.05) is 0 Å². The summed E-state index contributed by atoms with van der Waals surface area (Å²) in [5.41, 5.74) is 1.26. The maximum Gasteiger partial charge on any atom is 0.141 e. The Morgan fingerprint density at radius 3 is 2.68 bits per heavy atom. The van der Waals surface area contributed by atoms with Crippen LogP contribution in [0.5, 0.6) is 0 Å². The minimum Gasteiger partial charge on any atom is -0.357 e. The van der Waals surface area contributed by atoms with Crippen molar-refractivity contribution in [3.63, 3.8) is 0 Å². The molecule has 0 bridgehead atoms. The smallest absolute Gasteiger partial charge is 0.141 e. The fourth-order valence-corrected chi connectivity index (χ4v) is 3.96. The van der Waals surface area contributed by atoms with Crippen LogP contribution >= 0.6 is 22.7 Å². The maximum absolute atomic E-state index is 4.52. The molecule has 0 saturated carbocycles. The summed E-state index contributed by atoms with van der Waals surface area (Å²) >= 11 is 3.46. The molecule has 0 aromatic carbocycles. The zero-order chi connectivity index (χ0) is 13.2. The first-order valence-corrected chi connectivity index (χ1v) is 8.12. The van der Waals surface area contributed by atoms with Crippen molar-refractivity contribution in [2.75, 3.05) is 18.0 Å². The number of anilines is 1. The Kier molecular flexibility index (Phi) is 3.48. The lowest BCUT2D eigenvalue weighted by Gasteiger charge is -2.20. The molecule has 0 atom stereocenters. The largest absolute Gasteiger partial charge is 0.357 e. The molecule has 0 amide bonds. The van der Waals surface area contributed by atoms with Gasteiger partial charge < -0.3 is 4.90 Å². The van der Waals surface area contributed by atoms with Crippen molar-refractivity contribution in [2.45, 2.75) is 13.8 Å². The molecule has 3 rings (SSSR count). The Morgan fingerprint density at radius 1 is 1.16 bits per heavy atom. The van der Waals surface area contributed by atoms with Crippen LogP contribution in [0.25, 0.3) is 20.7 Å². The van der Waals surface area contributed by atoms with Crippen LogP contribution in [0.3, 0.4) is 0 Å². The van der Waals surface area contributed by atoms with Crippen molar-refractivity contribution in [2.24, 2.45) is 0 Å². The Morgan fingerprint density at radius 2 is 2.00 bits per heavy atom. The summed E-state index contributed by atoms with van der Waals surface area (Å²) in [4.78, 5) is 13.6. The Bertz CT molecular complexity index is 669. The lowest BCUT2D eigenvalue weighted by atomic mass is 10.2. The van der Waals surface area contributed by atoms with Crippen LogP contribution in [0, 0.1) is 0 Å². The van der Waals surface area contributed by atoms with Crippen LogP contribution in [-0.4, -0.2) is 23.1 Å². The van der Waals surface area contributed by atoms with Gasteiger partial charge in [-0.25, -0.2) is 9.97 Å². The molecule has 3 aromatic heterocycles. The maximum atomic E-state index is 4.52. The molecule has 19 heavy (non-hydrogen) atoms. The summed E-state index contributed by atoms with van der Waals surface area (Å²) in [6.07, 6.45) is 1.67. The molecule has 0 N–H and O–H groups in total. The average Bonchev–Trinajstić information content (AvgIpc) is 3.09. The Hall–Kier alpha value is -1.46. The Labute approximate surface area is 120 Å². The lowest BCUT2D eigenvalue weighted by molar-refractivity contribution is 0.849. The summed E-state index contributed by atoms with van der Waals surface area (Å²) in [5.74, 6) is 1.06. The van der Waals surface area contributed by atoms with E-state index in [0.29, 0.717) is 0 Å². The molecule has 0 unspecified atom stereocenters. The highest BCUT2D eigenvalue weighted by Crippen LogP contribution is 2.39. The van der Waals surface area contributed by atoms with E-state index in [4.69, 9.17) is 0 Å². The van der Waals surface area contributed by atoms with Crippen LogP contribution < -0.4 is 4.90 Å². The van der Waals surface area contributed by atoms with E-state index >= 15 is 0 Å². The minimum atomic E-state index is 0.961. The van der Waals surface area contributed by atoms with Gasteiger partial charge in [0.1, 0.15) is 17.0 Å². The minimum absolute atomic E-state index is 0.961. The van der Waals surface area contributed by atoms with Gasteiger partial charge in [-0.2, -0.15) is 0 Å². The molecule has 5 heteroatoms. The third kappa shape index (κ3) is 2.13. The summed E-state index contributed by atoms with van der Waals surface area (Å²) in [5, 5.41) is 5.50. The van der Waals surface area contributed by atoms with Gasteiger partial charge in [0.2, 0.25) is 0 Å². The van der Waals surface area contributed by atoms with Crippen molar-refractivity contribution in [1.82, 2.24) is 9.97 Å².